The number of amides is 1. The molecule has 1 aromatic heterocycles. The molecule has 0 spiro atoms. The number of hydrogen-bond donors (Lipinski definition) is 2. The molecule has 3 N–H and O–H groups in total. The van der Waals surface area contributed by atoms with Gasteiger partial charge < -0.3 is 20.7 Å². The van der Waals surface area contributed by atoms with E-state index in [1.165, 1.54) is 4.57 Å². The lowest BCUT2D eigenvalue weighted by Crippen LogP contribution is -2.49. The fourth-order valence-electron chi connectivity index (χ4n) is 4.45. The number of fused-ring (bicyclic) bond motifs is 1. The summed E-state index contributed by atoms with van der Waals surface area (Å²) in [6.45, 7) is 5.84. The number of nitrogen functional groups attached to an aromatic ring is 1. The maximum atomic E-state index is 13.4. The Labute approximate surface area is 204 Å². The molecule has 35 heavy (non-hydrogen) atoms. The molecule has 1 amide bonds. The zero-order chi connectivity index (χ0) is 24.9. The van der Waals surface area contributed by atoms with Crippen LogP contribution in [0.2, 0.25) is 0 Å². The summed E-state index contributed by atoms with van der Waals surface area (Å²) in [4.78, 5) is 41.4. The minimum atomic E-state index is -0.563. The van der Waals surface area contributed by atoms with E-state index in [1.54, 1.807) is 0 Å². The summed E-state index contributed by atoms with van der Waals surface area (Å²) in [5.74, 6) is -0.263. The number of benzene rings is 2. The lowest BCUT2D eigenvalue weighted by molar-refractivity contribution is -0.122. The van der Waals surface area contributed by atoms with E-state index in [-0.39, 0.29) is 24.1 Å². The van der Waals surface area contributed by atoms with Gasteiger partial charge in [-0.1, -0.05) is 49.7 Å². The molecule has 1 fully saturated rings. The van der Waals surface area contributed by atoms with Crippen molar-refractivity contribution >= 4 is 28.2 Å². The third kappa shape index (κ3) is 5.24. The molecule has 9 nitrogen and oxygen atoms in total. The molecule has 0 aliphatic carbocycles. The van der Waals surface area contributed by atoms with Crippen LogP contribution in [0, 0.1) is 0 Å². The van der Waals surface area contributed by atoms with Crippen molar-refractivity contribution in [3.05, 3.63) is 68.9 Å². The van der Waals surface area contributed by atoms with Crippen LogP contribution in [0.3, 0.4) is 0 Å². The van der Waals surface area contributed by atoms with Crippen molar-refractivity contribution in [3.8, 4) is 0 Å². The molecule has 0 saturated carbocycles. The average molecular weight is 480 g/mol. The average Bonchev–Trinajstić information content (AvgIpc) is 2.87. The van der Waals surface area contributed by atoms with E-state index in [0.717, 1.165) is 33.7 Å². The number of unbranched alkanes of at least 4 members (excludes halogenated alkanes) is 1. The topological polar surface area (TPSA) is 112 Å². The maximum Gasteiger partial charge on any atom is 0.333 e. The molecule has 186 valence electrons. The first-order chi connectivity index (χ1) is 16.9. The highest BCUT2D eigenvalue weighted by Crippen LogP contribution is 2.21. The fourth-order valence-corrected chi connectivity index (χ4v) is 4.45. The predicted molar refractivity (Wildman–Crippen MR) is 138 cm³/mol. The molecule has 1 aliphatic rings. The number of ether oxygens (including phenoxy) is 1. The predicted octanol–water partition coefficient (Wildman–Crippen LogP) is 2.26. The number of morpholine rings is 1. The van der Waals surface area contributed by atoms with Crippen molar-refractivity contribution in [2.45, 2.75) is 45.8 Å². The highest BCUT2D eigenvalue weighted by molar-refractivity contribution is 5.83. The number of rotatable bonds is 8. The van der Waals surface area contributed by atoms with Crippen molar-refractivity contribution in [3.63, 3.8) is 0 Å². The summed E-state index contributed by atoms with van der Waals surface area (Å²) < 4.78 is 7.81. The zero-order valence-corrected chi connectivity index (χ0v) is 20.3. The molecule has 1 aliphatic heterocycles. The van der Waals surface area contributed by atoms with Crippen LogP contribution in [0.25, 0.3) is 10.8 Å². The zero-order valence-electron chi connectivity index (χ0n) is 20.3. The van der Waals surface area contributed by atoms with Gasteiger partial charge in [-0.2, -0.15) is 0 Å². The van der Waals surface area contributed by atoms with Crippen molar-refractivity contribution in [1.82, 2.24) is 14.5 Å². The first kappa shape index (κ1) is 24.5. The van der Waals surface area contributed by atoms with E-state index in [9.17, 15) is 14.4 Å². The first-order valence-electron chi connectivity index (χ1n) is 12.1. The number of carbonyl (C=O) groups is 1. The van der Waals surface area contributed by atoms with Gasteiger partial charge in [-0.3, -0.25) is 14.2 Å². The molecular weight excluding hydrogens is 446 g/mol. The molecule has 2 aromatic carbocycles. The molecule has 3 aromatic rings. The van der Waals surface area contributed by atoms with E-state index in [1.807, 2.05) is 61.2 Å². The SMILES string of the molecule is CCCCn1c(N)c(N2CCOCC2)c(=O)n(CC(=O)N[C@@H](C)c2ccc3ccccc3c2)c1=O. The summed E-state index contributed by atoms with van der Waals surface area (Å²) >= 11 is 0. The minimum absolute atomic E-state index is 0.150. The number of nitrogens with two attached hydrogens (primary N) is 1. The van der Waals surface area contributed by atoms with E-state index in [0.29, 0.717) is 32.8 Å². The van der Waals surface area contributed by atoms with Crippen LogP contribution in [0.15, 0.2) is 52.1 Å². The molecule has 0 bridgehead atoms. The first-order valence-corrected chi connectivity index (χ1v) is 12.1. The number of nitrogens with zero attached hydrogens (tertiary/aromatic N) is 3. The van der Waals surface area contributed by atoms with Crippen LogP contribution in [-0.4, -0.2) is 41.3 Å². The van der Waals surface area contributed by atoms with Crippen LogP contribution < -0.4 is 27.2 Å². The Kier molecular flexibility index (Phi) is 7.55. The molecule has 1 atom stereocenters. The third-order valence-electron chi connectivity index (χ3n) is 6.46. The second-order valence-electron chi connectivity index (χ2n) is 8.91. The number of hydrogen-bond acceptors (Lipinski definition) is 6. The molecule has 1 saturated heterocycles. The summed E-state index contributed by atoms with van der Waals surface area (Å²) in [7, 11) is 0. The third-order valence-corrected chi connectivity index (χ3v) is 6.46. The van der Waals surface area contributed by atoms with Gasteiger partial charge in [-0.15, -0.1) is 0 Å². The molecule has 0 unspecified atom stereocenters. The van der Waals surface area contributed by atoms with Gasteiger partial charge in [0.25, 0.3) is 5.56 Å². The lowest BCUT2D eigenvalue weighted by atomic mass is 10.0. The van der Waals surface area contributed by atoms with Gasteiger partial charge in [-0.05, 0) is 35.7 Å². The molecule has 2 heterocycles. The van der Waals surface area contributed by atoms with Crippen LogP contribution >= 0.6 is 0 Å². The summed E-state index contributed by atoms with van der Waals surface area (Å²) in [5, 5.41) is 5.12. The van der Waals surface area contributed by atoms with Gasteiger partial charge in [0, 0.05) is 19.6 Å². The molecular formula is C26H33N5O4. The van der Waals surface area contributed by atoms with Gasteiger partial charge >= 0.3 is 5.69 Å². The molecule has 9 heteroatoms. The Balaban J connectivity index is 1.61. The van der Waals surface area contributed by atoms with E-state index < -0.39 is 17.2 Å². The summed E-state index contributed by atoms with van der Waals surface area (Å²) in [6, 6.07) is 13.7. The molecule has 4 rings (SSSR count). The smallest absolute Gasteiger partial charge is 0.333 e. The Morgan fingerprint density at radius 2 is 1.80 bits per heavy atom. The van der Waals surface area contributed by atoms with Gasteiger partial charge in [0.15, 0.2) is 0 Å². The van der Waals surface area contributed by atoms with Crippen molar-refractivity contribution < 1.29 is 9.53 Å². The van der Waals surface area contributed by atoms with Crippen LogP contribution in [0.5, 0.6) is 0 Å². The Hall–Kier alpha value is -3.59. The van der Waals surface area contributed by atoms with Gasteiger partial charge in [0.1, 0.15) is 18.1 Å². The van der Waals surface area contributed by atoms with E-state index >= 15 is 0 Å². The summed E-state index contributed by atoms with van der Waals surface area (Å²) in [6.07, 6.45) is 1.59. The van der Waals surface area contributed by atoms with Crippen LogP contribution in [0.4, 0.5) is 11.5 Å². The van der Waals surface area contributed by atoms with Crippen molar-refractivity contribution in [1.29, 1.82) is 0 Å². The quantitative estimate of drug-likeness (QED) is 0.513. The van der Waals surface area contributed by atoms with Crippen LogP contribution in [-0.2, 0) is 22.6 Å². The number of nitrogens with one attached hydrogen (secondary N) is 1. The standard InChI is InChI=1S/C26H33N5O4/c1-3-4-11-30-24(27)23(29-12-14-35-15-13-29)25(33)31(26(30)34)17-22(32)28-18(2)20-10-9-19-7-5-6-8-21(19)16-20/h5-10,16,18H,3-4,11-15,17,27H2,1-2H3,(H,28,32)/t18-/m0/s1. The maximum absolute atomic E-state index is 13.4. The van der Waals surface area contributed by atoms with Crippen molar-refractivity contribution in [2.24, 2.45) is 0 Å². The number of anilines is 2. The highest BCUT2D eigenvalue weighted by atomic mass is 16.5. The van der Waals surface area contributed by atoms with Crippen LogP contribution in [0.1, 0.15) is 38.3 Å². The largest absolute Gasteiger partial charge is 0.383 e. The molecule has 0 radical (unpaired) electrons. The van der Waals surface area contributed by atoms with E-state index in [2.05, 4.69) is 5.32 Å². The summed E-state index contributed by atoms with van der Waals surface area (Å²) in [5.41, 5.74) is 6.42. The van der Waals surface area contributed by atoms with Gasteiger partial charge in [0.05, 0.1) is 19.3 Å². The minimum Gasteiger partial charge on any atom is -0.383 e. The monoisotopic (exact) mass is 479 g/mol. The fraction of sp³-hybridized carbons (Fsp3) is 0.423. The van der Waals surface area contributed by atoms with Crippen molar-refractivity contribution in [2.75, 3.05) is 36.9 Å². The lowest BCUT2D eigenvalue weighted by Gasteiger charge is -2.30. The van der Waals surface area contributed by atoms with Gasteiger partial charge in [-0.25, -0.2) is 9.36 Å². The number of aromatic nitrogens is 2. The Morgan fingerprint density at radius 1 is 1.09 bits per heavy atom. The normalized spacial score (nSPS) is 14.7. The number of carbonyl (C=O) groups excluding carboxylic acids is 1. The highest BCUT2D eigenvalue weighted by Gasteiger charge is 2.24. The Bertz CT molecular complexity index is 1320. The second-order valence-corrected chi connectivity index (χ2v) is 8.91. The second kappa shape index (κ2) is 10.8. The van der Waals surface area contributed by atoms with E-state index in [4.69, 9.17) is 10.5 Å². The Morgan fingerprint density at radius 3 is 2.51 bits per heavy atom. The van der Waals surface area contributed by atoms with Gasteiger partial charge in [0.2, 0.25) is 5.91 Å².